The lowest BCUT2D eigenvalue weighted by molar-refractivity contribution is -0.131. The fourth-order valence-electron chi connectivity index (χ4n) is 2.60. The molecule has 1 aromatic rings. The zero-order valence-electron chi connectivity index (χ0n) is 12.3. The van der Waals surface area contributed by atoms with E-state index in [1.54, 1.807) is 30.9 Å². The third-order valence-corrected chi connectivity index (χ3v) is 5.39. The van der Waals surface area contributed by atoms with Crippen LogP contribution in [0.3, 0.4) is 0 Å². The first-order valence-corrected chi connectivity index (χ1v) is 8.47. The van der Waals surface area contributed by atoms with Gasteiger partial charge in [0.2, 0.25) is 15.9 Å². The van der Waals surface area contributed by atoms with E-state index in [0.29, 0.717) is 18.7 Å². The van der Waals surface area contributed by atoms with E-state index in [-0.39, 0.29) is 16.5 Å². The molecule has 7 heteroatoms. The zero-order chi connectivity index (χ0) is 15.6. The first-order chi connectivity index (χ1) is 9.83. The van der Waals surface area contributed by atoms with Gasteiger partial charge in [-0.15, -0.1) is 0 Å². The van der Waals surface area contributed by atoms with Gasteiger partial charge in [0.25, 0.3) is 0 Å². The number of carbonyl (C=O) groups is 1. The average Bonchev–Trinajstić information content (AvgIpc) is 2.90. The number of nitrogens with zero attached hydrogens (tertiary/aromatic N) is 1. The van der Waals surface area contributed by atoms with Gasteiger partial charge >= 0.3 is 0 Å². The van der Waals surface area contributed by atoms with Crippen molar-refractivity contribution >= 4 is 21.6 Å². The molecule has 1 saturated heterocycles. The standard InChI is InChI=1S/C14H21N3O3S/c1-10-6-5-7-12(15)13(10)21(19,20)16-11(2)14(18)17-8-3-4-9-17/h5-7,11,16H,3-4,8-9,15H2,1-2H3. The van der Waals surface area contributed by atoms with Gasteiger partial charge in [0.05, 0.1) is 11.7 Å². The van der Waals surface area contributed by atoms with Crippen LogP contribution < -0.4 is 10.5 Å². The van der Waals surface area contributed by atoms with Crippen molar-refractivity contribution in [3.05, 3.63) is 23.8 Å². The fraction of sp³-hybridized carbons (Fsp3) is 0.500. The summed E-state index contributed by atoms with van der Waals surface area (Å²) in [6, 6.07) is 4.11. The molecule has 1 aromatic carbocycles. The van der Waals surface area contributed by atoms with Crippen molar-refractivity contribution in [3.8, 4) is 0 Å². The average molecular weight is 311 g/mol. The molecule has 0 spiro atoms. The number of anilines is 1. The molecule has 6 nitrogen and oxygen atoms in total. The number of hydrogen-bond acceptors (Lipinski definition) is 4. The van der Waals surface area contributed by atoms with Crippen molar-refractivity contribution in [3.63, 3.8) is 0 Å². The van der Waals surface area contributed by atoms with E-state index in [4.69, 9.17) is 5.73 Å². The van der Waals surface area contributed by atoms with Crippen molar-refractivity contribution in [1.29, 1.82) is 0 Å². The number of rotatable bonds is 4. The molecule has 0 bridgehead atoms. The van der Waals surface area contributed by atoms with Crippen LogP contribution in [0, 0.1) is 6.92 Å². The predicted molar refractivity (Wildman–Crippen MR) is 81.2 cm³/mol. The molecule has 116 valence electrons. The molecule has 1 amide bonds. The molecular formula is C14H21N3O3S. The number of aryl methyl sites for hydroxylation is 1. The number of benzene rings is 1. The summed E-state index contributed by atoms with van der Waals surface area (Å²) in [4.78, 5) is 13.9. The fourth-order valence-corrected chi connectivity index (χ4v) is 4.15. The molecule has 1 aliphatic heterocycles. The Kier molecular flexibility index (Phi) is 4.53. The Hall–Kier alpha value is -1.60. The van der Waals surface area contributed by atoms with Crippen LogP contribution in [0.15, 0.2) is 23.1 Å². The summed E-state index contributed by atoms with van der Waals surface area (Å²) in [5.74, 6) is -0.191. The van der Waals surface area contributed by atoms with Crippen LogP contribution in [-0.4, -0.2) is 38.4 Å². The maximum Gasteiger partial charge on any atom is 0.243 e. The molecular weight excluding hydrogens is 290 g/mol. The lowest BCUT2D eigenvalue weighted by Gasteiger charge is -2.21. The maximum atomic E-state index is 12.4. The van der Waals surface area contributed by atoms with Crippen molar-refractivity contribution in [1.82, 2.24) is 9.62 Å². The zero-order valence-corrected chi connectivity index (χ0v) is 13.1. The molecule has 1 heterocycles. The molecule has 1 fully saturated rings. The van der Waals surface area contributed by atoms with Gasteiger partial charge in [-0.2, -0.15) is 4.72 Å². The summed E-state index contributed by atoms with van der Waals surface area (Å²) in [5, 5.41) is 0. The Morgan fingerprint density at radius 3 is 2.52 bits per heavy atom. The molecule has 0 saturated carbocycles. The van der Waals surface area contributed by atoms with E-state index in [9.17, 15) is 13.2 Å². The summed E-state index contributed by atoms with van der Waals surface area (Å²) >= 11 is 0. The minimum atomic E-state index is -3.82. The van der Waals surface area contributed by atoms with Gasteiger partial charge in [-0.3, -0.25) is 4.79 Å². The van der Waals surface area contributed by atoms with Crippen molar-refractivity contribution in [2.45, 2.75) is 37.6 Å². The quantitative estimate of drug-likeness (QED) is 0.807. The molecule has 1 unspecified atom stereocenters. The van der Waals surface area contributed by atoms with E-state index in [0.717, 1.165) is 12.8 Å². The van der Waals surface area contributed by atoms with Gasteiger partial charge in [-0.1, -0.05) is 12.1 Å². The lowest BCUT2D eigenvalue weighted by atomic mass is 10.2. The first kappa shape index (κ1) is 15.8. The highest BCUT2D eigenvalue weighted by Gasteiger charge is 2.28. The number of nitrogens with two attached hydrogens (primary N) is 1. The molecule has 0 aromatic heterocycles. The third kappa shape index (κ3) is 3.36. The number of nitrogens with one attached hydrogen (secondary N) is 1. The van der Waals surface area contributed by atoms with Crippen LogP contribution in [0.2, 0.25) is 0 Å². The number of carbonyl (C=O) groups excluding carboxylic acids is 1. The smallest absolute Gasteiger partial charge is 0.243 e. The van der Waals surface area contributed by atoms with Crippen LogP contribution in [0.25, 0.3) is 0 Å². The van der Waals surface area contributed by atoms with Crippen LogP contribution in [0.5, 0.6) is 0 Å². The normalized spacial score (nSPS) is 17.0. The van der Waals surface area contributed by atoms with Gasteiger partial charge in [0.15, 0.2) is 0 Å². The van der Waals surface area contributed by atoms with Crippen molar-refractivity contribution in [2.24, 2.45) is 0 Å². The van der Waals surface area contributed by atoms with Crippen molar-refractivity contribution in [2.75, 3.05) is 18.8 Å². The number of sulfonamides is 1. The Labute approximate surface area is 125 Å². The van der Waals surface area contributed by atoms with Gasteiger partial charge in [0, 0.05) is 13.1 Å². The summed E-state index contributed by atoms with van der Waals surface area (Å²) in [5.41, 5.74) is 6.51. The Morgan fingerprint density at radius 1 is 1.33 bits per heavy atom. The molecule has 1 atom stereocenters. The largest absolute Gasteiger partial charge is 0.398 e. The molecule has 3 N–H and O–H groups in total. The molecule has 1 aliphatic rings. The molecule has 0 aliphatic carbocycles. The van der Waals surface area contributed by atoms with E-state index in [2.05, 4.69) is 4.72 Å². The second kappa shape index (κ2) is 6.03. The Morgan fingerprint density at radius 2 is 1.95 bits per heavy atom. The highest BCUT2D eigenvalue weighted by molar-refractivity contribution is 7.89. The molecule has 0 radical (unpaired) electrons. The summed E-state index contributed by atoms with van der Waals surface area (Å²) in [7, 11) is -3.82. The summed E-state index contributed by atoms with van der Waals surface area (Å²) < 4.78 is 27.3. The van der Waals surface area contributed by atoms with Crippen LogP contribution in [0.4, 0.5) is 5.69 Å². The topological polar surface area (TPSA) is 92.5 Å². The van der Waals surface area contributed by atoms with Crippen LogP contribution in [-0.2, 0) is 14.8 Å². The van der Waals surface area contributed by atoms with E-state index in [1.165, 1.54) is 6.07 Å². The molecule has 21 heavy (non-hydrogen) atoms. The lowest BCUT2D eigenvalue weighted by Crippen LogP contribution is -2.46. The number of hydrogen-bond donors (Lipinski definition) is 2. The van der Waals surface area contributed by atoms with Gasteiger partial charge in [-0.05, 0) is 38.3 Å². The SMILES string of the molecule is Cc1cccc(N)c1S(=O)(=O)NC(C)C(=O)N1CCCC1. The monoisotopic (exact) mass is 311 g/mol. The van der Waals surface area contributed by atoms with E-state index < -0.39 is 16.1 Å². The highest BCUT2D eigenvalue weighted by atomic mass is 32.2. The van der Waals surface area contributed by atoms with Gasteiger partial charge < -0.3 is 10.6 Å². The predicted octanol–water partition coefficient (Wildman–Crippen LogP) is 0.866. The van der Waals surface area contributed by atoms with Crippen LogP contribution >= 0.6 is 0 Å². The second-order valence-corrected chi connectivity index (χ2v) is 7.02. The Bertz CT molecular complexity index is 617. The summed E-state index contributed by atoms with van der Waals surface area (Å²) in [6.45, 7) is 4.62. The third-order valence-electron chi connectivity index (χ3n) is 3.63. The van der Waals surface area contributed by atoms with E-state index >= 15 is 0 Å². The Balaban J connectivity index is 2.19. The first-order valence-electron chi connectivity index (χ1n) is 6.99. The minimum Gasteiger partial charge on any atom is -0.398 e. The van der Waals surface area contributed by atoms with E-state index in [1.807, 2.05) is 0 Å². The van der Waals surface area contributed by atoms with Crippen molar-refractivity contribution < 1.29 is 13.2 Å². The number of nitrogen functional groups attached to an aromatic ring is 1. The number of likely N-dealkylation sites (tertiary alicyclic amines) is 1. The van der Waals surface area contributed by atoms with Gasteiger partial charge in [0.1, 0.15) is 4.90 Å². The molecule has 2 rings (SSSR count). The maximum absolute atomic E-state index is 12.4. The van der Waals surface area contributed by atoms with Crippen LogP contribution in [0.1, 0.15) is 25.3 Å². The van der Waals surface area contributed by atoms with Gasteiger partial charge in [-0.25, -0.2) is 8.42 Å². The second-order valence-electron chi connectivity index (χ2n) is 5.37. The number of amides is 1. The minimum absolute atomic E-state index is 0.0473. The highest BCUT2D eigenvalue weighted by Crippen LogP contribution is 2.22. The summed E-state index contributed by atoms with van der Waals surface area (Å²) in [6.07, 6.45) is 1.94.